The largest absolute Gasteiger partial charge is 0.294 e. The molecule has 2 heteroatoms. The van der Waals surface area contributed by atoms with Crippen molar-refractivity contribution < 1.29 is 4.79 Å². The molecule has 0 N–H and O–H groups in total. The maximum Gasteiger partial charge on any atom is 0.164 e. The Morgan fingerprint density at radius 3 is 2.61 bits per heavy atom. The van der Waals surface area contributed by atoms with Crippen molar-refractivity contribution in [2.75, 3.05) is 0 Å². The third kappa shape index (κ3) is 1.95. The van der Waals surface area contributed by atoms with Crippen molar-refractivity contribution in [2.24, 2.45) is 0 Å². The zero-order valence-corrected chi connectivity index (χ0v) is 10.7. The number of benzene rings is 2. The topological polar surface area (TPSA) is 17.1 Å². The number of halogens is 1. The van der Waals surface area contributed by atoms with E-state index in [1.807, 2.05) is 24.3 Å². The number of carbonyl (C=O) groups is 1. The summed E-state index contributed by atoms with van der Waals surface area (Å²) >= 11 is 6.04. The van der Waals surface area contributed by atoms with Crippen LogP contribution in [0.3, 0.4) is 0 Å². The summed E-state index contributed by atoms with van der Waals surface area (Å²) in [4.78, 5) is 12.2. The predicted molar refractivity (Wildman–Crippen MR) is 73.3 cm³/mol. The molecule has 1 aliphatic rings. The fourth-order valence-corrected chi connectivity index (χ4v) is 2.81. The van der Waals surface area contributed by atoms with E-state index in [4.69, 9.17) is 11.6 Å². The van der Waals surface area contributed by atoms with Crippen LogP contribution in [-0.4, -0.2) is 5.78 Å². The molecule has 18 heavy (non-hydrogen) atoms. The Balaban J connectivity index is 1.76. The predicted octanol–water partition coefficient (Wildman–Crippen LogP) is 4.25. The smallest absolute Gasteiger partial charge is 0.164 e. The average Bonchev–Trinajstić information content (AvgIpc) is 2.36. The SMILES string of the molecule is O=C(CC1Cc2ccccc21)c1ccccc1Cl. The minimum atomic E-state index is 0.139. The molecule has 90 valence electrons. The van der Waals surface area contributed by atoms with Gasteiger partial charge in [0.05, 0.1) is 5.02 Å². The molecule has 0 amide bonds. The van der Waals surface area contributed by atoms with Crippen LogP contribution in [0.1, 0.15) is 33.8 Å². The summed E-state index contributed by atoms with van der Waals surface area (Å²) in [6.07, 6.45) is 1.56. The molecule has 0 radical (unpaired) electrons. The van der Waals surface area contributed by atoms with Gasteiger partial charge in [-0.15, -0.1) is 0 Å². The summed E-state index contributed by atoms with van der Waals surface area (Å²) in [5, 5.41) is 0.551. The molecular weight excluding hydrogens is 244 g/mol. The van der Waals surface area contributed by atoms with E-state index in [2.05, 4.69) is 12.1 Å². The van der Waals surface area contributed by atoms with Crippen LogP contribution in [0, 0.1) is 0 Å². The average molecular weight is 257 g/mol. The number of rotatable bonds is 3. The van der Waals surface area contributed by atoms with Gasteiger partial charge in [-0.05, 0) is 35.6 Å². The molecule has 0 heterocycles. The van der Waals surface area contributed by atoms with Crippen molar-refractivity contribution in [3.05, 3.63) is 70.2 Å². The van der Waals surface area contributed by atoms with Gasteiger partial charge in [0, 0.05) is 12.0 Å². The van der Waals surface area contributed by atoms with Crippen LogP contribution in [-0.2, 0) is 6.42 Å². The second-order valence-electron chi connectivity index (χ2n) is 4.71. The molecule has 2 aromatic rings. The number of carbonyl (C=O) groups excluding carboxylic acids is 1. The van der Waals surface area contributed by atoms with Crippen molar-refractivity contribution in [1.82, 2.24) is 0 Å². The summed E-state index contributed by atoms with van der Waals surface area (Å²) in [6.45, 7) is 0. The highest BCUT2D eigenvalue weighted by Crippen LogP contribution is 2.38. The number of hydrogen-bond donors (Lipinski definition) is 0. The summed E-state index contributed by atoms with van der Waals surface area (Å²) in [5.41, 5.74) is 3.33. The number of fused-ring (bicyclic) bond motifs is 1. The summed E-state index contributed by atoms with van der Waals surface area (Å²) in [7, 11) is 0. The van der Waals surface area contributed by atoms with Crippen molar-refractivity contribution in [3.63, 3.8) is 0 Å². The Labute approximate surface area is 111 Å². The van der Waals surface area contributed by atoms with Gasteiger partial charge in [-0.3, -0.25) is 4.79 Å². The van der Waals surface area contributed by atoms with E-state index in [1.165, 1.54) is 11.1 Å². The van der Waals surface area contributed by atoms with E-state index in [0.717, 1.165) is 6.42 Å². The fourth-order valence-electron chi connectivity index (χ4n) is 2.57. The van der Waals surface area contributed by atoms with Crippen LogP contribution in [0.5, 0.6) is 0 Å². The second kappa shape index (κ2) is 4.58. The lowest BCUT2D eigenvalue weighted by atomic mass is 9.74. The third-order valence-corrected chi connectivity index (χ3v) is 3.90. The molecule has 3 rings (SSSR count). The highest BCUT2D eigenvalue weighted by atomic mass is 35.5. The summed E-state index contributed by atoms with van der Waals surface area (Å²) < 4.78 is 0. The molecule has 1 atom stereocenters. The molecule has 2 aromatic carbocycles. The van der Waals surface area contributed by atoms with E-state index in [9.17, 15) is 4.79 Å². The lowest BCUT2D eigenvalue weighted by Crippen LogP contribution is -2.20. The van der Waals surface area contributed by atoms with Crippen molar-refractivity contribution in [1.29, 1.82) is 0 Å². The molecule has 0 bridgehead atoms. The molecule has 0 aliphatic heterocycles. The highest BCUT2D eigenvalue weighted by molar-refractivity contribution is 6.33. The standard InChI is InChI=1S/C16H13ClO/c17-15-8-4-3-7-14(15)16(18)10-12-9-11-5-1-2-6-13(11)12/h1-8,12H,9-10H2. The van der Waals surface area contributed by atoms with Gasteiger partial charge < -0.3 is 0 Å². The van der Waals surface area contributed by atoms with Gasteiger partial charge in [0.25, 0.3) is 0 Å². The Morgan fingerprint density at radius 1 is 1.11 bits per heavy atom. The monoisotopic (exact) mass is 256 g/mol. The first-order valence-electron chi connectivity index (χ1n) is 6.11. The van der Waals surface area contributed by atoms with Gasteiger partial charge in [0.1, 0.15) is 0 Å². The first kappa shape index (κ1) is 11.5. The van der Waals surface area contributed by atoms with Gasteiger partial charge in [0.15, 0.2) is 5.78 Å². The lowest BCUT2D eigenvalue weighted by Gasteiger charge is -2.29. The lowest BCUT2D eigenvalue weighted by molar-refractivity contribution is 0.0970. The Kier molecular flexibility index (Phi) is 2.92. The Bertz CT molecular complexity index is 604. The van der Waals surface area contributed by atoms with Crippen molar-refractivity contribution >= 4 is 17.4 Å². The summed E-state index contributed by atoms with van der Waals surface area (Å²) in [6, 6.07) is 15.6. The van der Waals surface area contributed by atoms with Gasteiger partial charge >= 0.3 is 0 Å². The molecule has 0 spiro atoms. The Hall–Kier alpha value is -1.60. The van der Waals surface area contributed by atoms with Gasteiger partial charge in [-0.2, -0.15) is 0 Å². The van der Waals surface area contributed by atoms with E-state index in [1.54, 1.807) is 12.1 Å². The zero-order chi connectivity index (χ0) is 12.5. The van der Waals surface area contributed by atoms with E-state index in [0.29, 0.717) is 22.9 Å². The van der Waals surface area contributed by atoms with E-state index < -0.39 is 0 Å². The van der Waals surface area contributed by atoms with Crippen LogP contribution < -0.4 is 0 Å². The highest BCUT2D eigenvalue weighted by Gasteiger charge is 2.28. The maximum atomic E-state index is 12.2. The van der Waals surface area contributed by atoms with Crippen LogP contribution >= 0.6 is 11.6 Å². The van der Waals surface area contributed by atoms with Crippen molar-refractivity contribution in [2.45, 2.75) is 18.8 Å². The zero-order valence-electron chi connectivity index (χ0n) is 9.90. The number of hydrogen-bond acceptors (Lipinski definition) is 1. The van der Waals surface area contributed by atoms with Crippen LogP contribution in [0.4, 0.5) is 0 Å². The van der Waals surface area contributed by atoms with Crippen LogP contribution in [0.15, 0.2) is 48.5 Å². The number of ketones is 1. The maximum absolute atomic E-state index is 12.2. The minimum absolute atomic E-state index is 0.139. The first-order valence-corrected chi connectivity index (χ1v) is 6.49. The molecule has 1 unspecified atom stereocenters. The number of Topliss-reactive ketones (excluding diaryl/α,β-unsaturated/α-hetero) is 1. The van der Waals surface area contributed by atoms with Gasteiger partial charge in [0.2, 0.25) is 0 Å². The Morgan fingerprint density at radius 2 is 1.83 bits per heavy atom. The van der Waals surface area contributed by atoms with Crippen molar-refractivity contribution in [3.8, 4) is 0 Å². The first-order chi connectivity index (χ1) is 8.75. The normalized spacial score (nSPS) is 16.8. The quantitative estimate of drug-likeness (QED) is 0.750. The molecule has 0 aromatic heterocycles. The molecular formula is C16H13ClO. The van der Waals surface area contributed by atoms with Gasteiger partial charge in [-0.1, -0.05) is 48.0 Å². The van der Waals surface area contributed by atoms with Crippen LogP contribution in [0.25, 0.3) is 0 Å². The van der Waals surface area contributed by atoms with E-state index >= 15 is 0 Å². The molecule has 1 nitrogen and oxygen atoms in total. The minimum Gasteiger partial charge on any atom is -0.294 e. The third-order valence-electron chi connectivity index (χ3n) is 3.57. The van der Waals surface area contributed by atoms with Crippen LogP contribution in [0.2, 0.25) is 5.02 Å². The van der Waals surface area contributed by atoms with E-state index in [-0.39, 0.29) is 5.78 Å². The molecule has 0 saturated heterocycles. The molecule has 0 saturated carbocycles. The molecule has 1 aliphatic carbocycles. The van der Waals surface area contributed by atoms with Gasteiger partial charge in [-0.25, -0.2) is 0 Å². The summed E-state index contributed by atoms with van der Waals surface area (Å²) in [5.74, 6) is 0.505. The fraction of sp³-hybridized carbons (Fsp3) is 0.188. The molecule has 0 fully saturated rings. The second-order valence-corrected chi connectivity index (χ2v) is 5.11.